The SMILES string of the molecule is Cn1nnc2c(NCc3ccccn3)ncnc21. The molecule has 0 aliphatic rings. The number of aromatic nitrogens is 6. The maximum absolute atomic E-state index is 4.23. The van der Waals surface area contributed by atoms with Crippen molar-refractivity contribution in [2.24, 2.45) is 7.05 Å². The molecule has 0 saturated heterocycles. The van der Waals surface area contributed by atoms with Crippen LogP contribution in [0.1, 0.15) is 5.69 Å². The van der Waals surface area contributed by atoms with E-state index in [9.17, 15) is 0 Å². The number of hydrogen-bond acceptors (Lipinski definition) is 6. The van der Waals surface area contributed by atoms with Gasteiger partial charge in [0, 0.05) is 13.2 Å². The quantitative estimate of drug-likeness (QED) is 0.729. The van der Waals surface area contributed by atoms with Crippen molar-refractivity contribution in [2.75, 3.05) is 5.32 Å². The summed E-state index contributed by atoms with van der Waals surface area (Å²) in [6.45, 7) is 0.587. The first-order chi connectivity index (χ1) is 8.84. The zero-order valence-corrected chi connectivity index (χ0v) is 9.78. The van der Waals surface area contributed by atoms with Crippen molar-refractivity contribution < 1.29 is 0 Å². The molecule has 0 aliphatic carbocycles. The largest absolute Gasteiger partial charge is 0.362 e. The number of pyridine rings is 1. The average molecular weight is 241 g/mol. The van der Waals surface area contributed by atoms with Gasteiger partial charge < -0.3 is 5.32 Å². The van der Waals surface area contributed by atoms with Crippen molar-refractivity contribution in [3.63, 3.8) is 0 Å². The molecule has 0 bridgehead atoms. The summed E-state index contributed by atoms with van der Waals surface area (Å²) in [5, 5.41) is 11.1. The Morgan fingerprint density at radius 3 is 3.00 bits per heavy atom. The van der Waals surface area contributed by atoms with Crippen LogP contribution < -0.4 is 5.32 Å². The highest BCUT2D eigenvalue weighted by atomic mass is 15.4. The number of rotatable bonds is 3. The third-order valence-electron chi connectivity index (χ3n) is 2.55. The topological polar surface area (TPSA) is 81.4 Å². The van der Waals surface area contributed by atoms with Crippen LogP contribution in [-0.2, 0) is 13.6 Å². The molecule has 0 spiro atoms. The average Bonchev–Trinajstić information content (AvgIpc) is 2.80. The fourth-order valence-electron chi connectivity index (χ4n) is 1.66. The van der Waals surface area contributed by atoms with Gasteiger partial charge in [0.1, 0.15) is 6.33 Å². The Hall–Kier alpha value is -2.57. The smallest absolute Gasteiger partial charge is 0.183 e. The lowest BCUT2D eigenvalue weighted by Gasteiger charge is -2.04. The predicted molar refractivity (Wildman–Crippen MR) is 65.7 cm³/mol. The Morgan fingerprint density at radius 1 is 1.22 bits per heavy atom. The molecule has 7 heteroatoms. The molecule has 3 rings (SSSR count). The lowest BCUT2D eigenvalue weighted by molar-refractivity contribution is 0.729. The molecular weight excluding hydrogens is 230 g/mol. The highest BCUT2D eigenvalue weighted by Gasteiger charge is 2.08. The van der Waals surface area contributed by atoms with Crippen LogP contribution in [0, 0.1) is 0 Å². The highest BCUT2D eigenvalue weighted by molar-refractivity contribution is 5.81. The third-order valence-corrected chi connectivity index (χ3v) is 2.55. The number of nitrogens with zero attached hydrogens (tertiary/aromatic N) is 6. The van der Waals surface area contributed by atoms with Crippen LogP contribution in [0.2, 0.25) is 0 Å². The van der Waals surface area contributed by atoms with Gasteiger partial charge >= 0.3 is 0 Å². The van der Waals surface area contributed by atoms with Crippen molar-refractivity contribution >= 4 is 17.0 Å². The van der Waals surface area contributed by atoms with Crippen LogP contribution in [-0.4, -0.2) is 29.9 Å². The second-order valence-electron chi connectivity index (χ2n) is 3.78. The lowest BCUT2D eigenvalue weighted by atomic mass is 10.3. The van der Waals surface area contributed by atoms with Gasteiger partial charge in [-0.15, -0.1) is 5.10 Å². The summed E-state index contributed by atoms with van der Waals surface area (Å²) in [4.78, 5) is 12.5. The van der Waals surface area contributed by atoms with Crippen LogP contribution in [0.5, 0.6) is 0 Å². The second kappa shape index (κ2) is 4.36. The summed E-state index contributed by atoms with van der Waals surface area (Å²) in [5.41, 5.74) is 2.30. The van der Waals surface area contributed by atoms with Gasteiger partial charge in [-0.25, -0.2) is 14.6 Å². The monoisotopic (exact) mass is 241 g/mol. The molecule has 0 saturated carbocycles. The van der Waals surface area contributed by atoms with Crippen LogP contribution in [0.3, 0.4) is 0 Å². The van der Waals surface area contributed by atoms with Crippen molar-refractivity contribution in [1.82, 2.24) is 29.9 Å². The maximum Gasteiger partial charge on any atom is 0.183 e. The fourth-order valence-corrected chi connectivity index (χ4v) is 1.66. The maximum atomic E-state index is 4.23. The molecular formula is C11H11N7. The zero-order valence-electron chi connectivity index (χ0n) is 9.78. The molecule has 90 valence electrons. The van der Waals surface area contributed by atoms with Gasteiger partial charge in [-0.3, -0.25) is 4.98 Å². The molecule has 0 radical (unpaired) electrons. The third kappa shape index (κ3) is 1.86. The standard InChI is InChI=1S/C11H11N7/c1-18-11-9(16-17-18)10(14-7-15-11)13-6-8-4-2-3-5-12-8/h2-5,7H,6H2,1H3,(H,13,14,15). The zero-order chi connectivity index (χ0) is 12.4. The van der Waals surface area contributed by atoms with Crippen LogP contribution in [0.15, 0.2) is 30.7 Å². The Morgan fingerprint density at radius 2 is 2.17 bits per heavy atom. The molecule has 0 aromatic carbocycles. The van der Waals surface area contributed by atoms with Crippen molar-refractivity contribution in [3.05, 3.63) is 36.4 Å². The van der Waals surface area contributed by atoms with Gasteiger partial charge in [0.2, 0.25) is 0 Å². The van der Waals surface area contributed by atoms with Crippen molar-refractivity contribution in [2.45, 2.75) is 6.54 Å². The molecule has 0 unspecified atom stereocenters. The highest BCUT2D eigenvalue weighted by Crippen LogP contribution is 2.15. The van der Waals surface area contributed by atoms with E-state index in [1.165, 1.54) is 6.33 Å². The minimum atomic E-state index is 0.587. The number of aryl methyl sites for hydroxylation is 1. The van der Waals surface area contributed by atoms with Crippen molar-refractivity contribution in [1.29, 1.82) is 0 Å². The molecule has 0 atom stereocenters. The van der Waals surface area contributed by atoms with E-state index in [4.69, 9.17) is 0 Å². The fraction of sp³-hybridized carbons (Fsp3) is 0.182. The van der Waals surface area contributed by atoms with E-state index in [1.54, 1.807) is 17.9 Å². The molecule has 0 fully saturated rings. The number of hydrogen-bond donors (Lipinski definition) is 1. The molecule has 0 amide bonds. The summed E-state index contributed by atoms with van der Waals surface area (Å²) < 4.78 is 1.61. The van der Waals surface area contributed by atoms with Gasteiger partial charge in [0.05, 0.1) is 12.2 Å². The minimum Gasteiger partial charge on any atom is -0.362 e. The molecule has 7 nitrogen and oxygen atoms in total. The molecule has 0 aliphatic heterocycles. The Kier molecular flexibility index (Phi) is 2.56. The van der Waals surface area contributed by atoms with Gasteiger partial charge in [0.15, 0.2) is 17.0 Å². The second-order valence-corrected chi connectivity index (χ2v) is 3.78. The molecule has 18 heavy (non-hydrogen) atoms. The minimum absolute atomic E-state index is 0.587. The van der Waals surface area contributed by atoms with E-state index in [0.29, 0.717) is 23.5 Å². The van der Waals surface area contributed by atoms with Crippen LogP contribution >= 0.6 is 0 Å². The summed E-state index contributed by atoms with van der Waals surface area (Å²) in [5.74, 6) is 0.666. The normalized spacial score (nSPS) is 10.7. The Balaban J connectivity index is 1.87. The summed E-state index contributed by atoms with van der Waals surface area (Å²) in [6.07, 6.45) is 3.25. The van der Waals surface area contributed by atoms with E-state index < -0.39 is 0 Å². The van der Waals surface area contributed by atoms with Crippen LogP contribution in [0.4, 0.5) is 5.82 Å². The van der Waals surface area contributed by atoms with Crippen LogP contribution in [0.25, 0.3) is 11.2 Å². The number of nitrogens with one attached hydrogen (secondary N) is 1. The van der Waals surface area contributed by atoms with Gasteiger partial charge in [-0.1, -0.05) is 11.3 Å². The molecule has 3 aromatic heterocycles. The first kappa shape index (κ1) is 10.6. The predicted octanol–water partition coefficient (Wildman–Crippen LogP) is 0.765. The summed E-state index contributed by atoms with van der Waals surface area (Å²) in [7, 11) is 1.80. The van der Waals surface area contributed by atoms with E-state index >= 15 is 0 Å². The number of fused-ring (bicyclic) bond motifs is 1. The Bertz CT molecular complexity index is 661. The van der Waals surface area contributed by atoms with Crippen molar-refractivity contribution in [3.8, 4) is 0 Å². The summed E-state index contributed by atoms with van der Waals surface area (Å²) in [6, 6.07) is 5.78. The first-order valence-electron chi connectivity index (χ1n) is 5.49. The van der Waals surface area contributed by atoms with E-state index in [-0.39, 0.29) is 0 Å². The molecule has 3 heterocycles. The number of anilines is 1. The molecule has 3 aromatic rings. The van der Waals surface area contributed by atoms with Gasteiger partial charge in [-0.2, -0.15) is 0 Å². The molecule has 1 N–H and O–H groups in total. The summed E-state index contributed by atoms with van der Waals surface area (Å²) >= 11 is 0. The van der Waals surface area contributed by atoms with Gasteiger partial charge in [-0.05, 0) is 12.1 Å². The Labute approximate surface area is 103 Å². The van der Waals surface area contributed by atoms with Gasteiger partial charge in [0.25, 0.3) is 0 Å². The van der Waals surface area contributed by atoms with E-state index in [0.717, 1.165) is 5.69 Å². The van der Waals surface area contributed by atoms with E-state index in [2.05, 4.69) is 30.6 Å². The van der Waals surface area contributed by atoms with E-state index in [1.807, 2.05) is 18.2 Å². The first-order valence-corrected chi connectivity index (χ1v) is 5.49. The lowest BCUT2D eigenvalue weighted by Crippen LogP contribution is -2.04.